The summed E-state index contributed by atoms with van der Waals surface area (Å²) in [6.45, 7) is 7.19. The molecule has 1 N–H and O–H groups in total. The summed E-state index contributed by atoms with van der Waals surface area (Å²) in [6, 6.07) is 6.77. The van der Waals surface area contributed by atoms with Crippen LogP contribution in [0.2, 0.25) is 0 Å². The number of sulfonamides is 1. The number of carbonyl (C=O) groups excluding carboxylic acids is 2. The van der Waals surface area contributed by atoms with Crippen molar-refractivity contribution < 1.29 is 22.7 Å². The molecule has 1 aromatic carbocycles. The number of benzene rings is 1. The minimum Gasteiger partial charge on any atom is -0.479 e. The molecule has 31 heavy (non-hydrogen) atoms. The van der Waals surface area contributed by atoms with E-state index in [9.17, 15) is 18.0 Å². The van der Waals surface area contributed by atoms with E-state index in [-0.39, 0.29) is 35.0 Å². The van der Waals surface area contributed by atoms with Gasteiger partial charge in [-0.3, -0.25) is 9.59 Å². The molecule has 0 saturated heterocycles. The lowest BCUT2D eigenvalue weighted by Crippen LogP contribution is -2.43. The van der Waals surface area contributed by atoms with E-state index in [1.165, 1.54) is 13.1 Å². The Bertz CT molecular complexity index is 1080. The van der Waals surface area contributed by atoms with Gasteiger partial charge in [0.05, 0.1) is 23.7 Å². The Labute approximate surface area is 186 Å². The van der Waals surface area contributed by atoms with Gasteiger partial charge in [-0.1, -0.05) is 6.07 Å². The first-order chi connectivity index (χ1) is 14.5. The molecule has 2 amide bonds. The maximum absolute atomic E-state index is 13.2. The van der Waals surface area contributed by atoms with E-state index >= 15 is 0 Å². The zero-order valence-electron chi connectivity index (χ0n) is 18.2. The summed E-state index contributed by atoms with van der Waals surface area (Å²) in [5, 5.41) is 4.65. The van der Waals surface area contributed by atoms with Crippen molar-refractivity contribution in [2.24, 2.45) is 0 Å². The molecule has 168 valence electrons. The van der Waals surface area contributed by atoms with Crippen LogP contribution in [0.1, 0.15) is 31.2 Å². The smallest absolute Gasteiger partial charge is 0.265 e. The van der Waals surface area contributed by atoms with Gasteiger partial charge in [-0.05, 0) is 50.8 Å². The van der Waals surface area contributed by atoms with Crippen LogP contribution in [0.15, 0.2) is 34.5 Å². The van der Waals surface area contributed by atoms with Crippen LogP contribution in [0.25, 0.3) is 0 Å². The summed E-state index contributed by atoms with van der Waals surface area (Å²) in [5.41, 5.74) is 0.885. The first kappa shape index (κ1) is 23.2. The average Bonchev–Trinajstić information content (AvgIpc) is 3.19. The second kappa shape index (κ2) is 8.97. The fourth-order valence-electron chi connectivity index (χ4n) is 3.28. The molecule has 0 fully saturated rings. The maximum atomic E-state index is 13.2. The van der Waals surface area contributed by atoms with E-state index in [2.05, 4.69) is 5.32 Å². The van der Waals surface area contributed by atoms with Gasteiger partial charge in [-0.15, -0.1) is 11.3 Å². The molecule has 10 heteroatoms. The van der Waals surface area contributed by atoms with E-state index in [1.807, 2.05) is 31.4 Å². The monoisotopic (exact) mass is 465 g/mol. The molecule has 0 aliphatic carbocycles. The number of rotatable bonds is 7. The van der Waals surface area contributed by atoms with Gasteiger partial charge in [0.15, 0.2) is 6.10 Å². The minimum atomic E-state index is -3.95. The van der Waals surface area contributed by atoms with Gasteiger partial charge < -0.3 is 15.0 Å². The standard InChI is InChI=1S/C21H27N3O5S2/c1-13(2)24(11-16-7-6-8-30-16)20(25)12-23(5)31(27,28)19-10-18-17(9-14(19)3)22-21(26)15(4)29-18/h6-10,13,15H,11-12H2,1-5H3,(H,22,26)/t15-/m1/s1. The number of likely N-dealkylation sites (N-methyl/N-ethyl adjacent to an activating group) is 1. The summed E-state index contributed by atoms with van der Waals surface area (Å²) >= 11 is 1.55. The number of hydrogen-bond donors (Lipinski definition) is 1. The van der Waals surface area contributed by atoms with Crippen LogP contribution in [-0.4, -0.2) is 55.2 Å². The summed E-state index contributed by atoms with van der Waals surface area (Å²) in [6.07, 6.45) is -0.720. The van der Waals surface area contributed by atoms with Crippen molar-refractivity contribution in [2.75, 3.05) is 18.9 Å². The molecule has 0 radical (unpaired) electrons. The van der Waals surface area contributed by atoms with E-state index < -0.39 is 16.1 Å². The third kappa shape index (κ3) is 4.91. The van der Waals surface area contributed by atoms with Gasteiger partial charge in [0.25, 0.3) is 5.91 Å². The van der Waals surface area contributed by atoms with E-state index in [1.54, 1.807) is 36.2 Å². The first-order valence-electron chi connectivity index (χ1n) is 9.91. The molecule has 0 saturated carbocycles. The molecule has 1 aliphatic heterocycles. The third-order valence-electron chi connectivity index (χ3n) is 5.10. The molecular weight excluding hydrogens is 438 g/mol. The first-order valence-corrected chi connectivity index (χ1v) is 12.2. The molecule has 2 heterocycles. The second-order valence-electron chi connectivity index (χ2n) is 7.82. The molecule has 8 nitrogen and oxygen atoms in total. The van der Waals surface area contributed by atoms with Crippen molar-refractivity contribution in [3.8, 4) is 5.75 Å². The van der Waals surface area contributed by atoms with E-state index in [0.717, 1.165) is 9.18 Å². The van der Waals surface area contributed by atoms with Crippen LogP contribution >= 0.6 is 11.3 Å². The van der Waals surface area contributed by atoms with E-state index in [0.29, 0.717) is 17.8 Å². The van der Waals surface area contributed by atoms with Crippen molar-refractivity contribution in [1.82, 2.24) is 9.21 Å². The van der Waals surface area contributed by atoms with Crippen LogP contribution in [0.5, 0.6) is 5.75 Å². The highest BCUT2D eigenvalue weighted by Gasteiger charge is 2.31. The summed E-state index contributed by atoms with van der Waals surface area (Å²) in [4.78, 5) is 27.5. The molecule has 0 bridgehead atoms. The van der Waals surface area contributed by atoms with Crippen molar-refractivity contribution in [3.05, 3.63) is 40.1 Å². The number of anilines is 1. The number of fused-ring (bicyclic) bond motifs is 1. The van der Waals surface area contributed by atoms with Gasteiger partial charge in [0.1, 0.15) is 5.75 Å². The number of nitrogens with one attached hydrogen (secondary N) is 1. The van der Waals surface area contributed by atoms with Crippen LogP contribution in [0.4, 0.5) is 5.69 Å². The Morgan fingerprint density at radius 1 is 1.32 bits per heavy atom. The maximum Gasteiger partial charge on any atom is 0.265 e. The third-order valence-corrected chi connectivity index (χ3v) is 7.91. The summed E-state index contributed by atoms with van der Waals surface area (Å²) in [5.74, 6) is -0.274. The highest BCUT2D eigenvalue weighted by atomic mass is 32.2. The van der Waals surface area contributed by atoms with Crippen LogP contribution < -0.4 is 10.1 Å². The number of aryl methyl sites for hydroxylation is 1. The quantitative estimate of drug-likeness (QED) is 0.678. The number of nitrogens with zero attached hydrogens (tertiary/aromatic N) is 2. The Kier molecular flexibility index (Phi) is 6.73. The topological polar surface area (TPSA) is 96.0 Å². The fourth-order valence-corrected chi connectivity index (χ4v) is 5.32. The van der Waals surface area contributed by atoms with Gasteiger partial charge >= 0.3 is 0 Å². The Balaban J connectivity index is 1.82. The van der Waals surface area contributed by atoms with Gasteiger partial charge in [0.2, 0.25) is 15.9 Å². The van der Waals surface area contributed by atoms with Crippen molar-refractivity contribution >= 4 is 38.9 Å². The lowest BCUT2D eigenvalue weighted by molar-refractivity contribution is -0.133. The second-order valence-corrected chi connectivity index (χ2v) is 10.9. The molecule has 3 rings (SSSR count). The number of hydrogen-bond acceptors (Lipinski definition) is 6. The molecule has 2 aromatic rings. The van der Waals surface area contributed by atoms with Crippen molar-refractivity contribution in [2.45, 2.75) is 51.3 Å². The molecule has 0 spiro atoms. The van der Waals surface area contributed by atoms with Gasteiger partial charge in [-0.2, -0.15) is 4.31 Å². The van der Waals surface area contributed by atoms with Crippen LogP contribution in [0, 0.1) is 6.92 Å². The lowest BCUT2D eigenvalue weighted by Gasteiger charge is -2.29. The summed E-state index contributed by atoms with van der Waals surface area (Å²) < 4.78 is 33.1. The zero-order chi connectivity index (χ0) is 22.9. The predicted molar refractivity (Wildman–Crippen MR) is 120 cm³/mol. The van der Waals surface area contributed by atoms with Crippen molar-refractivity contribution in [3.63, 3.8) is 0 Å². The minimum absolute atomic E-state index is 0.0410. The Morgan fingerprint density at radius 2 is 2.03 bits per heavy atom. The van der Waals surface area contributed by atoms with Crippen LogP contribution in [0.3, 0.4) is 0 Å². The predicted octanol–water partition coefficient (Wildman–Crippen LogP) is 2.83. The number of ether oxygens (including phenoxy) is 1. The largest absolute Gasteiger partial charge is 0.479 e. The molecule has 1 atom stereocenters. The SMILES string of the molecule is Cc1cc2c(cc1S(=O)(=O)N(C)CC(=O)N(Cc1cccs1)C(C)C)O[C@H](C)C(=O)N2. The van der Waals surface area contributed by atoms with Gasteiger partial charge in [-0.25, -0.2) is 8.42 Å². The Hall–Kier alpha value is -2.43. The Morgan fingerprint density at radius 3 is 2.65 bits per heavy atom. The zero-order valence-corrected chi connectivity index (χ0v) is 19.8. The molecule has 1 aliphatic rings. The highest BCUT2D eigenvalue weighted by molar-refractivity contribution is 7.89. The van der Waals surface area contributed by atoms with E-state index in [4.69, 9.17) is 4.74 Å². The van der Waals surface area contributed by atoms with Gasteiger partial charge in [0, 0.05) is 24.0 Å². The van der Waals surface area contributed by atoms with Crippen molar-refractivity contribution in [1.29, 1.82) is 0 Å². The highest BCUT2D eigenvalue weighted by Crippen LogP contribution is 2.35. The number of carbonyl (C=O) groups is 2. The molecule has 0 unspecified atom stereocenters. The fraction of sp³-hybridized carbons (Fsp3) is 0.429. The molecular formula is C21H27N3O5S2. The average molecular weight is 466 g/mol. The summed E-state index contributed by atoms with van der Waals surface area (Å²) in [7, 11) is -2.56. The number of thiophene rings is 1. The van der Waals surface area contributed by atoms with Crippen LogP contribution in [-0.2, 0) is 26.2 Å². The number of amides is 2. The lowest BCUT2D eigenvalue weighted by atomic mass is 10.1. The normalized spacial score (nSPS) is 16.1. The molecule has 1 aromatic heterocycles.